The van der Waals surface area contributed by atoms with Gasteiger partial charge in [-0.1, -0.05) is 37.3 Å². The molecule has 1 aromatic carbocycles. The van der Waals surface area contributed by atoms with E-state index >= 15 is 0 Å². The molecule has 0 bridgehead atoms. The summed E-state index contributed by atoms with van der Waals surface area (Å²) >= 11 is 5.55. The smallest absolute Gasteiger partial charge is 0.0467 e. The lowest BCUT2D eigenvalue weighted by atomic mass is 10.1. The Kier molecular flexibility index (Phi) is 3.40. The second-order valence-electron chi connectivity index (χ2n) is 2.48. The predicted octanol–water partition coefficient (Wildman–Crippen LogP) is 2.88. The Balaban J connectivity index is 2.74. The summed E-state index contributed by atoms with van der Waals surface area (Å²) in [7, 11) is 0. The maximum atomic E-state index is 5.55. The lowest BCUT2D eigenvalue weighted by Gasteiger charge is -2.11. The number of hydrogen-bond donors (Lipinski definition) is 1. The first-order valence-electron chi connectivity index (χ1n) is 3.79. The molecule has 1 rings (SSSR count). The minimum absolute atomic E-state index is 0.276. The second-order valence-corrected chi connectivity index (χ2v) is 2.70. The highest BCUT2D eigenvalue weighted by atomic mass is 35.5. The Morgan fingerprint density at radius 1 is 1.36 bits per heavy atom. The van der Waals surface area contributed by atoms with Gasteiger partial charge in [-0.25, -0.2) is 4.84 Å². The zero-order valence-electron chi connectivity index (χ0n) is 6.55. The molecular weight excluding hydrogens is 158 g/mol. The summed E-state index contributed by atoms with van der Waals surface area (Å²) < 4.78 is 0. The van der Waals surface area contributed by atoms with Crippen LogP contribution in [0, 0.1) is 0 Å². The van der Waals surface area contributed by atoms with Gasteiger partial charge in [0.05, 0.1) is 0 Å². The number of halogens is 1. The van der Waals surface area contributed by atoms with Gasteiger partial charge in [-0.05, 0) is 23.8 Å². The van der Waals surface area contributed by atoms with Gasteiger partial charge in [0.1, 0.15) is 0 Å². The largest absolute Gasteiger partial charge is 0.226 e. The van der Waals surface area contributed by atoms with Gasteiger partial charge < -0.3 is 0 Å². The molecule has 2 heteroatoms. The molecule has 1 N–H and O–H groups in total. The zero-order valence-corrected chi connectivity index (χ0v) is 7.31. The van der Waals surface area contributed by atoms with Crippen molar-refractivity contribution < 1.29 is 0 Å². The van der Waals surface area contributed by atoms with Crippen LogP contribution in [0.4, 0.5) is 0 Å². The number of rotatable bonds is 3. The van der Waals surface area contributed by atoms with Crippen molar-refractivity contribution in [1.29, 1.82) is 0 Å². The zero-order chi connectivity index (χ0) is 8.10. The standard InChI is InChI=1S/C9H12ClN/c1-2-9(11-10)8-6-4-3-5-7-8/h3-7,9,11H,2H2,1H3/t9-/m1/s1. The van der Waals surface area contributed by atoms with E-state index in [1.54, 1.807) is 0 Å². The molecule has 11 heavy (non-hydrogen) atoms. The Labute approximate surface area is 72.5 Å². The van der Waals surface area contributed by atoms with E-state index in [1.807, 2.05) is 18.2 Å². The molecule has 60 valence electrons. The van der Waals surface area contributed by atoms with Crippen molar-refractivity contribution in [2.24, 2.45) is 0 Å². The molecule has 1 aromatic rings. The molecule has 0 unspecified atom stereocenters. The molecule has 1 nitrogen and oxygen atoms in total. The van der Waals surface area contributed by atoms with Crippen molar-refractivity contribution in [1.82, 2.24) is 4.84 Å². The van der Waals surface area contributed by atoms with Crippen LogP contribution in [0.5, 0.6) is 0 Å². The van der Waals surface area contributed by atoms with Crippen molar-refractivity contribution in [2.75, 3.05) is 0 Å². The van der Waals surface area contributed by atoms with Crippen LogP contribution in [-0.4, -0.2) is 0 Å². The molecule has 0 aromatic heterocycles. The van der Waals surface area contributed by atoms with Gasteiger partial charge in [0, 0.05) is 6.04 Å². The van der Waals surface area contributed by atoms with Crippen LogP contribution in [0.2, 0.25) is 0 Å². The van der Waals surface area contributed by atoms with E-state index < -0.39 is 0 Å². The van der Waals surface area contributed by atoms with Crippen LogP contribution in [0.25, 0.3) is 0 Å². The molecule has 0 amide bonds. The first-order valence-corrected chi connectivity index (χ1v) is 4.17. The van der Waals surface area contributed by atoms with E-state index in [2.05, 4.69) is 23.9 Å². The highest BCUT2D eigenvalue weighted by Crippen LogP contribution is 2.15. The van der Waals surface area contributed by atoms with Gasteiger partial charge >= 0.3 is 0 Å². The summed E-state index contributed by atoms with van der Waals surface area (Å²) in [6, 6.07) is 10.5. The first-order chi connectivity index (χ1) is 5.38. The van der Waals surface area contributed by atoms with Crippen molar-refractivity contribution in [3.05, 3.63) is 35.9 Å². The Bertz CT molecular complexity index is 194. The molecule has 0 radical (unpaired) electrons. The summed E-state index contributed by atoms with van der Waals surface area (Å²) in [5, 5.41) is 0. The lowest BCUT2D eigenvalue weighted by molar-refractivity contribution is 0.645. The van der Waals surface area contributed by atoms with Crippen molar-refractivity contribution in [3.63, 3.8) is 0 Å². The van der Waals surface area contributed by atoms with E-state index in [-0.39, 0.29) is 6.04 Å². The fourth-order valence-corrected chi connectivity index (χ4v) is 1.34. The number of hydrogen-bond acceptors (Lipinski definition) is 1. The number of nitrogens with one attached hydrogen (secondary N) is 1. The minimum Gasteiger partial charge on any atom is -0.226 e. The van der Waals surface area contributed by atoms with E-state index in [1.165, 1.54) is 5.56 Å². The third kappa shape index (κ3) is 2.21. The van der Waals surface area contributed by atoms with Gasteiger partial charge in [0.15, 0.2) is 0 Å². The summed E-state index contributed by atoms with van der Waals surface area (Å²) in [5.74, 6) is 0. The van der Waals surface area contributed by atoms with Crippen LogP contribution in [0.15, 0.2) is 30.3 Å². The highest BCUT2D eigenvalue weighted by Gasteiger charge is 2.04. The molecule has 0 heterocycles. The van der Waals surface area contributed by atoms with Crippen LogP contribution < -0.4 is 4.84 Å². The fourth-order valence-electron chi connectivity index (χ4n) is 1.06. The monoisotopic (exact) mass is 169 g/mol. The molecule has 0 fully saturated rings. The molecule has 1 atom stereocenters. The molecule has 0 saturated carbocycles. The lowest BCUT2D eigenvalue weighted by Crippen LogP contribution is -2.09. The second kappa shape index (κ2) is 4.37. The minimum atomic E-state index is 0.276. The SMILES string of the molecule is CC[C@@H](NCl)c1ccccc1. The average molecular weight is 170 g/mol. The molecule has 0 spiro atoms. The fraction of sp³-hybridized carbons (Fsp3) is 0.333. The van der Waals surface area contributed by atoms with E-state index in [9.17, 15) is 0 Å². The molecule has 0 aliphatic rings. The Morgan fingerprint density at radius 3 is 2.45 bits per heavy atom. The summed E-state index contributed by atoms with van der Waals surface area (Å²) in [6.45, 7) is 2.10. The summed E-state index contributed by atoms with van der Waals surface area (Å²) in [5.41, 5.74) is 1.24. The van der Waals surface area contributed by atoms with Crippen molar-refractivity contribution in [3.8, 4) is 0 Å². The maximum absolute atomic E-state index is 5.55. The molecule has 0 saturated heterocycles. The molecule has 0 aliphatic carbocycles. The first kappa shape index (κ1) is 8.57. The number of benzene rings is 1. The topological polar surface area (TPSA) is 12.0 Å². The van der Waals surface area contributed by atoms with Crippen LogP contribution in [-0.2, 0) is 0 Å². The average Bonchev–Trinajstić information content (AvgIpc) is 2.09. The van der Waals surface area contributed by atoms with Crippen LogP contribution in [0.1, 0.15) is 24.9 Å². The summed E-state index contributed by atoms with van der Waals surface area (Å²) in [4.78, 5) is 2.74. The van der Waals surface area contributed by atoms with Crippen LogP contribution in [0.3, 0.4) is 0 Å². The van der Waals surface area contributed by atoms with Gasteiger partial charge in [0.2, 0.25) is 0 Å². The predicted molar refractivity (Wildman–Crippen MR) is 48.5 cm³/mol. The molecular formula is C9H12ClN. The van der Waals surface area contributed by atoms with E-state index in [4.69, 9.17) is 11.8 Å². The van der Waals surface area contributed by atoms with Crippen LogP contribution >= 0.6 is 11.8 Å². The van der Waals surface area contributed by atoms with E-state index in [0.29, 0.717) is 0 Å². The van der Waals surface area contributed by atoms with Gasteiger partial charge in [-0.2, -0.15) is 0 Å². The van der Waals surface area contributed by atoms with Crippen molar-refractivity contribution in [2.45, 2.75) is 19.4 Å². The van der Waals surface area contributed by atoms with Gasteiger partial charge in [-0.3, -0.25) is 0 Å². The quantitative estimate of drug-likeness (QED) is 0.687. The van der Waals surface area contributed by atoms with Crippen molar-refractivity contribution >= 4 is 11.8 Å². The maximum Gasteiger partial charge on any atom is 0.0467 e. The van der Waals surface area contributed by atoms with Gasteiger partial charge in [-0.15, -0.1) is 0 Å². The Morgan fingerprint density at radius 2 is 2.00 bits per heavy atom. The molecule has 0 aliphatic heterocycles. The van der Waals surface area contributed by atoms with Gasteiger partial charge in [0.25, 0.3) is 0 Å². The summed E-state index contributed by atoms with van der Waals surface area (Å²) in [6.07, 6.45) is 1.01. The Hall–Kier alpha value is -0.530. The third-order valence-corrected chi connectivity index (χ3v) is 2.01. The normalized spacial score (nSPS) is 12.9. The van der Waals surface area contributed by atoms with E-state index in [0.717, 1.165) is 6.42 Å². The third-order valence-electron chi connectivity index (χ3n) is 1.74. The highest BCUT2D eigenvalue weighted by molar-refractivity contribution is 6.13.